The van der Waals surface area contributed by atoms with Gasteiger partial charge >= 0.3 is 0 Å². The van der Waals surface area contributed by atoms with Gasteiger partial charge in [0, 0.05) is 29.8 Å². The Morgan fingerprint density at radius 2 is 1.93 bits per heavy atom. The fourth-order valence-electron chi connectivity index (χ4n) is 2.57. The molecule has 1 unspecified atom stereocenters. The number of rotatable bonds is 9. The lowest BCUT2D eigenvalue weighted by Crippen LogP contribution is -2.24. The first-order valence-electron chi connectivity index (χ1n) is 9.24. The van der Waals surface area contributed by atoms with E-state index in [2.05, 4.69) is 20.8 Å². The van der Waals surface area contributed by atoms with Gasteiger partial charge in [-0.2, -0.15) is 4.98 Å². The largest absolute Gasteiger partial charge is 0.497 e. The number of ether oxygens (including phenoxy) is 2. The highest BCUT2D eigenvalue weighted by Crippen LogP contribution is 2.21. The van der Waals surface area contributed by atoms with E-state index < -0.39 is 0 Å². The first kappa shape index (κ1) is 23.2. The number of halogens is 1. The molecule has 0 bridgehead atoms. The molecule has 0 aliphatic rings. The van der Waals surface area contributed by atoms with Gasteiger partial charge in [-0.25, -0.2) is 0 Å². The Morgan fingerprint density at radius 1 is 1.17 bits per heavy atom. The molecular formula is C21H25ClN4O4. The second-order valence-electron chi connectivity index (χ2n) is 6.50. The lowest BCUT2D eigenvalue weighted by molar-refractivity contribution is -0.118. The van der Waals surface area contributed by atoms with Gasteiger partial charge in [0.05, 0.1) is 7.11 Å². The summed E-state index contributed by atoms with van der Waals surface area (Å²) in [6.07, 6.45) is 0.684. The lowest BCUT2D eigenvalue weighted by Gasteiger charge is -2.08. The van der Waals surface area contributed by atoms with E-state index in [1.807, 2.05) is 26.1 Å². The SMILES string of the molecule is CNC(C)Cc1noc(-c2ccc(OCC(=O)Nc3cccc(OC)c3)cc2)n1.Cl. The monoisotopic (exact) mass is 432 g/mol. The van der Waals surface area contributed by atoms with E-state index in [0.29, 0.717) is 35.3 Å². The molecule has 0 saturated carbocycles. The zero-order chi connectivity index (χ0) is 20.6. The number of nitrogens with one attached hydrogen (secondary N) is 2. The molecule has 0 aliphatic heterocycles. The van der Waals surface area contributed by atoms with Crippen molar-refractivity contribution in [1.29, 1.82) is 0 Å². The molecule has 160 valence electrons. The van der Waals surface area contributed by atoms with Crippen molar-refractivity contribution in [2.24, 2.45) is 0 Å². The summed E-state index contributed by atoms with van der Waals surface area (Å²) in [6, 6.07) is 14.5. The summed E-state index contributed by atoms with van der Waals surface area (Å²) >= 11 is 0. The molecular weight excluding hydrogens is 408 g/mol. The number of amides is 1. The van der Waals surface area contributed by atoms with Crippen LogP contribution in [0.2, 0.25) is 0 Å². The van der Waals surface area contributed by atoms with E-state index in [1.165, 1.54) is 0 Å². The van der Waals surface area contributed by atoms with Crippen LogP contribution in [0.3, 0.4) is 0 Å². The Hall–Kier alpha value is -3.10. The van der Waals surface area contributed by atoms with Crippen molar-refractivity contribution >= 4 is 24.0 Å². The number of benzene rings is 2. The number of nitrogens with zero attached hydrogens (tertiary/aromatic N) is 2. The van der Waals surface area contributed by atoms with Crippen molar-refractivity contribution in [3.8, 4) is 23.0 Å². The average Bonchev–Trinajstić information content (AvgIpc) is 3.21. The molecule has 8 nitrogen and oxygen atoms in total. The van der Waals surface area contributed by atoms with E-state index in [-0.39, 0.29) is 31.0 Å². The minimum absolute atomic E-state index is 0. The molecule has 2 aromatic carbocycles. The normalized spacial score (nSPS) is 11.3. The summed E-state index contributed by atoms with van der Waals surface area (Å²) < 4.78 is 16.0. The van der Waals surface area contributed by atoms with Crippen LogP contribution < -0.4 is 20.1 Å². The third-order valence-corrected chi connectivity index (χ3v) is 4.27. The fourth-order valence-corrected chi connectivity index (χ4v) is 2.57. The van der Waals surface area contributed by atoms with Gasteiger partial charge in [0.25, 0.3) is 11.8 Å². The van der Waals surface area contributed by atoms with E-state index in [9.17, 15) is 4.79 Å². The van der Waals surface area contributed by atoms with Crippen LogP contribution in [-0.2, 0) is 11.2 Å². The Bertz CT molecular complexity index is 946. The number of methoxy groups -OCH3 is 1. The maximum Gasteiger partial charge on any atom is 0.262 e. The molecule has 1 aromatic heterocycles. The Kier molecular flexibility index (Phi) is 8.64. The van der Waals surface area contributed by atoms with Gasteiger partial charge in [-0.15, -0.1) is 12.4 Å². The molecule has 30 heavy (non-hydrogen) atoms. The number of hydrogen-bond donors (Lipinski definition) is 2. The highest BCUT2D eigenvalue weighted by atomic mass is 35.5. The third kappa shape index (κ3) is 6.47. The van der Waals surface area contributed by atoms with Crippen molar-refractivity contribution in [1.82, 2.24) is 15.5 Å². The molecule has 0 saturated heterocycles. The minimum Gasteiger partial charge on any atom is -0.497 e. The van der Waals surface area contributed by atoms with Gasteiger partial charge in [0.15, 0.2) is 12.4 Å². The van der Waals surface area contributed by atoms with Gasteiger partial charge in [-0.05, 0) is 50.4 Å². The highest BCUT2D eigenvalue weighted by Gasteiger charge is 2.11. The maximum absolute atomic E-state index is 12.1. The van der Waals surface area contributed by atoms with Crippen molar-refractivity contribution < 1.29 is 18.8 Å². The van der Waals surface area contributed by atoms with Gasteiger partial charge in [0.1, 0.15) is 11.5 Å². The van der Waals surface area contributed by atoms with Gasteiger partial charge in [-0.1, -0.05) is 11.2 Å². The fraction of sp³-hybridized carbons (Fsp3) is 0.286. The van der Waals surface area contributed by atoms with Gasteiger partial charge in [0.2, 0.25) is 0 Å². The summed E-state index contributed by atoms with van der Waals surface area (Å²) in [4.78, 5) is 16.5. The molecule has 0 aliphatic carbocycles. The maximum atomic E-state index is 12.1. The topological polar surface area (TPSA) is 98.5 Å². The first-order chi connectivity index (χ1) is 14.1. The van der Waals surface area contributed by atoms with Crippen molar-refractivity contribution in [2.45, 2.75) is 19.4 Å². The zero-order valence-electron chi connectivity index (χ0n) is 17.0. The smallest absolute Gasteiger partial charge is 0.262 e. The van der Waals surface area contributed by atoms with Crippen LogP contribution >= 0.6 is 12.4 Å². The zero-order valence-corrected chi connectivity index (χ0v) is 17.9. The van der Waals surface area contributed by atoms with E-state index >= 15 is 0 Å². The molecule has 0 spiro atoms. The van der Waals surface area contributed by atoms with Crippen LogP contribution in [0.5, 0.6) is 11.5 Å². The van der Waals surface area contributed by atoms with Crippen molar-refractivity contribution in [2.75, 3.05) is 26.1 Å². The molecule has 0 fully saturated rings. The summed E-state index contributed by atoms with van der Waals surface area (Å²) in [7, 11) is 3.47. The highest BCUT2D eigenvalue weighted by molar-refractivity contribution is 5.92. The predicted molar refractivity (Wildman–Crippen MR) is 116 cm³/mol. The molecule has 1 atom stereocenters. The van der Waals surface area contributed by atoms with Crippen molar-refractivity contribution in [3.63, 3.8) is 0 Å². The molecule has 0 radical (unpaired) electrons. The quantitative estimate of drug-likeness (QED) is 0.535. The second-order valence-corrected chi connectivity index (χ2v) is 6.50. The minimum atomic E-state index is -0.262. The van der Waals surface area contributed by atoms with E-state index in [1.54, 1.807) is 43.5 Å². The number of hydrogen-bond acceptors (Lipinski definition) is 7. The Balaban J connectivity index is 0.00000320. The average molecular weight is 433 g/mol. The van der Waals surface area contributed by atoms with Gasteiger partial charge in [-0.3, -0.25) is 4.79 Å². The molecule has 1 heterocycles. The first-order valence-corrected chi connectivity index (χ1v) is 9.24. The van der Waals surface area contributed by atoms with Crippen LogP contribution in [0.25, 0.3) is 11.5 Å². The summed E-state index contributed by atoms with van der Waals surface area (Å²) in [5, 5.41) is 9.90. The molecule has 9 heteroatoms. The van der Waals surface area contributed by atoms with Crippen LogP contribution in [0.15, 0.2) is 53.1 Å². The van der Waals surface area contributed by atoms with Crippen molar-refractivity contribution in [3.05, 3.63) is 54.4 Å². The molecule has 1 amide bonds. The van der Waals surface area contributed by atoms with Crippen LogP contribution in [0.4, 0.5) is 5.69 Å². The standard InChI is InChI=1S/C21H24N4O4.ClH/c1-14(22-2)11-19-24-21(29-25-19)15-7-9-17(10-8-15)28-13-20(26)23-16-5-4-6-18(12-16)27-3;/h4-10,12,14,22H,11,13H2,1-3H3,(H,23,26);1H. The number of carbonyl (C=O) groups is 1. The summed E-state index contributed by atoms with van der Waals surface area (Å²) in [5.74, 6) is 2.08. The lowest BCUT2D eigenvalue weighted by atomic mass is 10.2. The third-order valence-electron chi connectivity index (χ3n) is 4.27. The van der Waals surface area contributed by atoms with Crippen LogP contribution in [0, 0.1) is 0 Å². The number of anilines is 1. The number of carbonyl (C=O) groups excluding carboxylic acids is 1. The van der Waals surface area contributed by atoms with Crippen LogP contribution in [0.1, 0.15) is 12.7 Å². The molecule has 3 rings (SSSR count). The molecule has 2 N–H and O–H groups in total. The number of aromatic nitrogens is 2. The van der Waals surface area contributed by atoms with Gasteiger partial charge < -0.3 is 24.6 Å². The second kappa shape index (κ2) is 11.2. The Labute approximate surface area is 181 Å². The molecule has 3 aromatic rings. The Morgan fingerprint density at radius 3 is 2.63 bits per heavy atom. The summed E-state index contributed by atoms with van der Waals surface area (Å²) in [5.41, 5.74) is 1.43. The van der Waals surface area contributed by atoms with E-state index in [4.69, 9.17) is 14.0 Å². The summed E-state index contributed by atoms with van der Waals surface area (Å²) in [6.45, 7) is 1.94. The van der Waals surface area contributed by atoms with E-state index in [0.717, 1.165) is 5.56 Å². The van der Waals surface area contributed by atoms with Crippen LogP contribution in [-0.4, -0.2) is 42.9 Å². The predicted octanol–water partition coefficient (Wildman–Crippen LogP) is 3.33. The number of likely N-dealkylation sites (N-methyl/N-ethyl adjacent to an activating group) is 1.